The van der Waals surface area contributed by atoms with E-state index in [4.69, 9.17) is 8.92 Å². The highest BCUT2D eigenvalue weighted by atomic mass is 32.2. The molecule has 0 unspecified atom stereocenters. The maximum absolute atomic E-state index is 12.6. The van der Waals surface area contributed by atoms with Crippen LogP contribution < -0.4 is 4.18 Å². The fourth-order valence-corrected chi connectivity index (χ4v) is 4.98. The number of aryl methyl sites for hydroxylation is 3. The Hall–Kier alpha value is -3.55. The maximum atomic E-state index is 12.6. The third-order valence-corrected chi connectivity index (χ3v) is 7.01. The summed E-state index contributed by atoms with van der Waals surface area (Å²) in [6.07, 6.45) is 0. The van der Waals surface area contributed by atoms with E-state index in [1.807, 2.05) is 6.07 Å². The second-order valence-electron chi connectivity index (χ2n) is 7.26. The predicted octanol–water partition coefficient (Wildman–Crippen LogP) is 3.87. The second kappa shape index (κ2) is 9.94. The third kappa shape index (κ3) is 5.83. The molecule has 0 fully saturated rings. The minimum atomic E-state index is -4.05. The summed E-state index contributed by atoms with van der Waals surface area (Å²) in [7, 11) is -4.05. The molecule has 1 atom stereocenters. The van der Waals surface area contributed by atoms with Crippen molar-refractivity contribution in [2.45, 2.75) is 31.6 Å². The number of nitriles is 1. The maximum Gasteiger partial charge on any atom is 0.339 e. The monoisotopic (exact) mass is 484 g/mol. The molecule has 2 aromatic carbocycles. The van der Waals surface area contributed by atoms with Gasteiger partial charge in [-0.3, -0.25) is 4.79 Å². The molecular weight excluding hydrogens is 464 g/mol. The average molecular weight is 485 g/mol. The van der Waals surface area contributed by atoms with Crippen molar-refractivity contribution in [3.8, 4) is 11.8 Å². The van der Waals surface area contributed by atoms with Gasteiger partial charge in [0.2, 0.25) is 0 Å². The summed E-state index contributed by atoms with van der Waals surface area (Å²) in [5, 5.41) is 11.3. The summed E-state index contributed by atoms with van der Waals surface area (Å²) in [6, 6.07) is 12.2. The molecule has 170 valence electrons. The Balaban J connectivity index is 1.64. The fourth-order valence-electron chi connectivity index (χ4n) is 2.87. The zero-order chi connectivity index (χ0) is 24.2. The number of carbonyl (C=O) groups is 2. The molecule has 0 aliphatic carbocycles. The van der Waals surface area contributed by atoms with Crippen LogP contribution in [0.5, 0.6) is 5.75 Å². The van der Waals surface area contributed by atoms with Gasteiger partial charge >= 0.3 is 16.1 Å². The number of thiazole rings is 1. The quantitative estimate of drug-likeness (QED) is 0.349. The SMILES string of the molecule is Cc1ccc(C)c(S(=O)(=O)Oc2ccc(C(=O)OCC(=O)[C@@H](C#N)c3nc(C)cs3)cc2)c1. The number of Topliss-reactive ketones (excluding diaryl/α,β-unsaturated/α-hetero) is 1. The molecule has 0 aliphatic rings. The molecule has 8 nitrogen and oxygen atoms in total. The first-order valence-electron chi connectivity index (χ1n) is 9.74. The van der Waals surface area contributed by atoms with Crippen molar-refractivity contribution in [1.82, 2.24) is 4.98 Å². The van der Waals surface area contributed by atoms with Crippen LogP contribution in [-0.4, -0.2) is 31.8 Å². The first kappa shape index (κ1) is 24.1. The predicted molar refractivity (Wildman–Crippen MR) is 121 cm³/mol. The Kier molecular flexibility index (Phi) is 7.26. The van der Waals surface area contributed by atoms with Crippen LogP contribution in [0.3, 0.4) is 0 Å². The molecule has 3 rings (SSSR count). The van der Waals surface area contributed by atoms with Crippen LogP contribution in [0.25, 0.3) is 0 Å². The highest BCUT2D eigenvalue weighted by molar-refractivity contribution is 7.87. The molecule has 10 heteroatoms. The average Bonchev–Trinajstić information content (AvgIpc) is 3.20. The van der Waals surface area contributed by atoms with Gasteiger partial charge in [0.25, 0.3) is 0 Å². The standard InChI is InChI=1S/C23H20N2O6S2/c1-14-4-5-15(2)21(10-14)33(28,29)31-18-8-6-17(7-9-18)23(27)30-12-20(26)19(11-24)22-25-16(3)13-32-22/h4-10,13,19H,12H2,1-3H3/t19-/m1/s1. The Morgan fingerprint density at radius 2 is 1.82 bits per heavy atom. The zero-order valence-electron chi connectivity index (χ0n) is 18.1. The Morgan fingerprint density at radius 3 is 2.42 bits per heavy atom. The van der Waals surface area contributed by atoms with Crippen LogP contribution in [-0.2, 0) is 19.6 Å². The van der Waals surface area contributed by atoms with Gasteiger partial charge in [0.05, 0.1) is 11.6 Å². The topological polar surface area (TPSA) is 123 Å². The number of hydrogen-bond donors (Lipinski definition) is 0. The Morgan fingerprint density at radius 1 is 1.12 bits per heavy atom. The minimum absolute atomic E-state index is 0.0206. The van der Waals surface area contributed by atoms with Crippen LogP contribution in [0.1, 0.15) is 38.1 Å². The van der Waals surface area contributed by atoms with Gasteiger partial charge in [-0.25, -0.2) is 9.78 Å². The van der Waals surface area contributed by atoms with E-state index in [2.05, 4.69) is 4.98 Å². The van der Waals surface area contributed by atoms with E-state index >= 15 is 0 Å². The molecule has 3 aromatic rings. The lowest BCUT2D eigenvalue weighted by Gasteiger charge is -2.11. The lowest BCUT2D eigenvalue weighted by Crippen LogP contribution is -2.20. The number of benzene rings is 2. The Labute approximate surface area is 195 Å². The van der Waals surface area contributed by atoms with Crippen LogP contribution in [0.2, 0.25) is 0 Å². The molecule has 0 saturated carbocycles. The van der Waals surface area contributed by atoms with Crippen molar-refractivity contribution < 1.29 is 26.9 Å². The molecule has 0 amide bonds. The smallest absolute Gasteiger partial charge is 0.339 e. The van der Waals surface area contributed by atoms with Gasteiger partial charge in [-0.1, -0.05) is 12.1 Å². The first-order chi connectivity index (χ1) is 15.6. The Bertz CT molecular complexity index is 1340. The lowest BCUT2D eigenvalue weighted by molar-refractivity contribution is -0.122. The number of esters is 1. The molecule has 0 spiro atoms. The largest absolute Gasteiger partial charge is 0.454 e. The van der Waals surface area contributed by atoms with E-state index in [0.29, 0.717) is 16.3 Å². The molecule has 0 saturated heterocycles. The van der Waals surface area contributed by atoms with E-state index in [-0.39, 0.29) is 16.2 Å². The normalized spacial score (nSPS) is 11.9. The molecule has 33 heavy (non-hydrogen) atoms. The van der Waals surface area contributed by atoms with E-state index in [1.165, 1.54) is 41.7 Å². The molecular formula is C23H20N2O6S2. The highest BCUT2D eigenvalue weighted by Crippen LogP contribution is 2.23. The summed E-state index contributed by atoms with van der Waals surface area (Å²) in [5.41, 5.74) is 2.12. The summed E-state index contributed by atoms with van der Waals surface area (Å²) >= 11 is 1.19. The summed E-state index contributed by atoms with van der Waals surface area (Å²) in [4.78, 5) is 28.8. The lowest BCUT2D eigenvalue weighted by atomic mass is 10.1. The second-order valence-corrected chi connectivity index (χ2v) is 9.67. The van der Waals surface area contributed by atoms with Crippen molar-refractivity contribution >= 4 is 33.2 Å². The van der Waals surface area contributed by atoms with Gasteiger partial charge in [-0.2, -0.15) is 13.7 Å². The number of aromatic nitrogens is 1. The van der Waals surface area contributed by atoms with E-state index < -0.39 is 34.4 Å². The van der Waals surface area contributed by atoms with Crippen LogP contribution in [0, 0.1) is 32.1 Å². The first-order valence-corrected chi connectivity index (χ1v) is 12.0. The summed E-state index contributed by atoms with van der Waals surface area (Å²) < 4.78 is 35.4. The van der Waals surface area contributed by atoms with Crippen molar-refractivity contribution in [3.05, 3.63) is 75.2 Å². The molecule has 0 bridgehead atoms. The molecule has 1 aromatic heterocycles. The van der Waals surface area contributed by atoms with Gasteiger partial charge in [-0.05, 0) is 62.2 Å². The van der Waals surface area contributed by atoms with E-state index in [9.17, 15) is 23.3 Å². The number of ketones is 1. The third-order valence-electron chi connectivity index (χ3n) is 4.59. The van der Waals surface area contributed by atoms with E-state index in [0.717, 1.165) is 5.56 Å². The van der Waals surface area contributed by atoms with Crippen LogP contribution in [0.15, 0.2) is 52.7 Å². The summed E-state index contributed by atoms with van der Waals surface area (Å²) in [6.45, 7) is 4.61. The van der Waals surface area contributed by atoms with Crippen LogP contribution >= 0.6 is 11.3 Å². The molecule has 0 N–H and O–H groups in total. The summed E-state index contributed by atoms with van der Waals surface area (Å²) in [5.74, 6) is -2.46. The molecule has 0 radical (unpaired) electrons. The fraction of sp³-hybridized carbons (Fsp3) is 0.217. The highest BCUT2D eigenvalue weighted by Gasteiger charge is 2.25. The number of rotatable bonds is 8. The number of hydrogen-bond acceptors (Lipinski definition) is 9. The van der Waals surface area contributed by atoms with Crippen molar-refractivity contribution in [1.29, 1.82) is 5.26 Å². The van der Waals surface area contributed by atoms with Gasteiger partial charge in [0.1, 0.15) is 15.7 Å². The van der Waals surface area contributed by atoms with Gasteiger partial charge < -0.3 is 8.92 Å². The zero-order valence-corrected chi connectivity index (χ0v) is 19.7. The van der Waals surface area contributed by atoms with Crippen molar-refractivity contribution in [2.24, 2.45) is 0 Å². The molecule has 1 heterocycles. The van der Waals surface area contributed by atoms with E-state index in [1.54, 1.807) is 38.3 Å². The van der Waals surface area contributed by atoms with Crippen molar-refractivity contribution in [2.75, 3.05) is 6.61 Å². The van der Waals surface area contributed by atoms with Gasteiger partial charge in [0, 0.05) is 11.1 Å². The number of ether oxygens (including phenoxy) is 1. The molecule has 0 aliphatic heterocycles. The van der Waals surface area contributed by atoms with Gasteiger partial charge in [0.15, 0.2) is 18.3 Å². The number of nitrogens with zero attached hydrogens (tertiary/aromatic N) is 2. The minimum Gasteiger partial charge on any atom is -0.454 e. The van der Waals surface area contributed by atoms with Crippen molar-refractivity contribution in [3.63, 3.8) is 0 Å². The van der Waals surface area contributed by atoms with Gasteiger partial charge in [-0.15, -0.1) is 11.3 Å². The van der Waals surface area contributed by atoms with Crippen LogP contribution in [0.4, 0.5) is 0 Å². The number of carbonyl (C=O) groups excluding carboxylic acids is 2.